The lowest BCUT2D eigenvalue weighted by molar-refractivity contribution is 0.0698. The second-order valence-electron chi connectivity index (χ2n) is 4.04. The van der Waals surface area contributed by atoms with E-state index in [0.717, 1.165) is 11.2 Å². The first kappa shape index (κ1) is 12.8. The third-order valence-electron chi connectivity index (χ3n) is 3.02. The Bertz CT molecular complexity index is 604. The first-order valence-corrected chi connectivity index (χ1v) is 6.10. The molecule has 0 aliphatic carbocycles. The number of rotatable bonds is 4. The minimum Gasteiger partial charge on any atom is -0.492 e. The lowest BCUT2D eigenvalue weighted by Gasteiger charge is -2.04. The lowest BCUT2D eigenvalue weighted by atomic mass is 10.1. The van der Waals surface area contributed by atoms with Crippen LogP contribution in [0.2, 0.25) is 0 Å². The van der Waals surface area contributed by atoms with Crippen molar-refractivity contribution in [1.29, 1.82) is 0 Å². The van der Waals surface area contributed by atoms with Gasteiger partial charge in [-0.2, -0.15) is 0 Å². The molecule has 18 heavy (non-hydrogen) atoms. The van der Waals surface area contributed by atoms with E-state index in [4.69, 9.17) is 16.3 Å². The minimum atomic E-state index is -0.924. The van der Waals surface area contributed by atoms with E-state index in [-0.39, 0.29) is 0 Å². The monoisotopic (exact) mass is 267 g/mol. The standard InChI is InChI=1S/C13H14ClNO3/c1-8-12(13(16)17)10-7-9(18-6-5-14)3-4-11(10)15(8)2/h3-4,7H,5-6H2,1-2H3,(H,16,17). The number of nitrogens with zero attached hydrogens (tertiary/aromatic N) is 1. The predicted molar refractivity (Wildman–Crippen MR) is 70.8 cm³/mol. The summed E-state index contributed by atoms with van der Waals surface area (Å²) >= 11 is 5.56. The Labute approximate surface area is 110 Å². The molecule has 1 aromatic carbocycles. The molecule has 0 saturated heterocycles. The van der Waals surface area contributed by atoms with E-state index >= 15 is 0 Å². The van der Waals surface area contributed by atoms with Gasteiger partial charge in [-0.05, 0) is 25.1 Å². The predicted octanol–water partition coefficient (Wildman–Crippen LogP) is 2.80. The fourth-order valence-electron chi connectivity index (χ4n) is 2.07. The summed E-state index contributed by atoms with van der Waals surface area (Å²) in [5.41, 5.74) is 1.93. The zero-order valence-corrected chi connectivity index (χ0v) is 11.0. The van der Waals surface area contributed by atoms with Crippen molar-refractivity contribution in [1.82, 2.24) is 4.57 Å². The number of carboxylic acids is 1. The topological polar surface area (TPSA) is 51.5 Å². The zero-order chi connectivity index (χ0) is 13.3. The largest absolute Gasteiger partial charge is 0.492 e. The second kappa shape index (κ2) is 4.90. The molecule has 0 aliphatic rings. The van der Waals surface area contributed by atoms with E-state index < -0.39 is 5.97 Å². The zero-order valence-electron chi connectivity index (χ0n) is 10.2. The van der Waals surface area contributed by atoms with Crippen LogP contribution in [0.5, 0.6) is 5.75 Å². The van der Waals surface area contributed by atoms with E-state index in [0.29, 0.717) is 29.2 Å². The van der Waals surface area contributed by atoms with Crippen molar-refractivity contribution >= 4 is 28.5 Å². The van der Waals surface area contributed by atoms with Crippen molar-refractivity contribution in [2.24, 2.45) is 7.05 Å². The maximum Gasteiger partial charge on any atom is 0.338 e. The SMILES string of the molecule is Cc1c(C(=O)O)c2cc(OCCCl)ccc2n1C. The molecular weight excluding hydrogens is 254 g/mol. The van der Waals surface area contributed by atoms with Gasteiger partial charge in [-0.3, -0.25) is 0 Å². The maximum atomic E-state index is 11.3. The Morgan fingerprint density at radius 3 is 2.83 bits per heavy atom. The maximum absolute atomic E-state index is 11.3. The molecule has 4 nitrogen and oxygen atoms in total. The highest BCUT2D eigenvalue weighted by molar-refractivity contribution is 6.18. The van der Waals surface area contributed by atoms with Crippen molar-refractivity contribution in [2.45, 2.75) is 6.92 Å². The molecule has 0 amide bonds. The van der Waals surface area contributed by atoms with Crippen LogP contribution >= 0.6 is 11.6 Å². The Balaban J connectivity index is 2.60. The molecule has 2 rings (SSSR count). The van der Waals surface area contributed by atoms with Crippen molar-refractivity contribution in [3.63, 3.8) is 0 Å². The summed E-state index contributed by atoms with van der Waals surface area (Å²) in [5.74, 6) is 0.112. The average Bonchev–Trinajstić information content (AvgIpc) is 2.59. The van der Waals surface area contributed by atoms with Crippen LogP contribution in [0.1, 0.15) is 16.1 Å². The van der Waals surface area contributed by atoms with Gasteiger partial charge in [-0.1, -0.05) is 0 Å². The van der Waals surface area contributed by atoms with E-state index in [2.05, 4.69) is 0 Å². The van der Waals surface area contributed by atoms with E-state index in [1.165, 1.54) is 0 Å². The molecule has 0 aliphatic heterocycles. The van der Waals surface area contributed by atoms with Gasteiger partial charge < -0.3 is 14.4 Å². The highest BCUT2D eigenvalue weighted by atomic mass is 35.5. The Kier molecular flexibility index (Phi) is 3.48. The first-order valence-electron chi connectivity index (χ1n) is 5.57. The molecule has 2 aromatic rings. The van der Waals surface area contributed by atoms with Gasteiger partial charge in [0, 0.05) is 23.6 Å². The number of benzene rings is 1. The third kappa shape index (κ3) is 2.04. The van der Waals surface area contributed by atoms with Crippen LogP contribution in [0.4, 0.5) is 0 Å². The molecule has 96 valence electrons. The molecule has 1 N–H and O–H groups in total. The Morgan fingerprint density at radius 2 is 2.22 bits per heavy atom. The summed E-state index contributed by atoms with van der Waals surface area (Å²) in [5, 5.41) is 9.96. The van der Waals surface area contributed by atoms with Crippen molar-refractivity contribution < 1.29 is 14.6 Å². The van der Waals surface area contributed by atoms with Gasteiger partial charge in [0.2, 0.25) is 0 Å². The van der Waals surface area contributed by atoms with Gasteiger partial charge in [0.25, 0.3) is 0 Å². The molecule has 0 radical (unpaired) electrons. The lowest BCUT2D eigenvalue weighted by Crippen LogP contribution is -2.00. The normalized spacial score (nSPS) is 10.8. The number of hydrogen-bond donors (Lipinski definition) is 1. The van der Waals surface area contributed by atoms with E-state index in [9.17, 15) is 9.90 Å². The number of aryl methyl sites for hydroxylation is 1. The number of alkyl halides is 1. The number of fused-ring (bicyclic) bond motifs is 1. The van der Waals surface area contributed by atoms with Crippen LogP contribution in [0, 0.1) is 6.92 Å². The van der Waals surface area contributed by atoms with Gasteiger partial charge in [-0.15, -0.1) is 11.6 Å². The second-order valence-corrected chi connectivity index (χ2v) is 4.42. The molecule has 0 saturated carbocycles. The van der Waals surface area contributed by atoms with Gasteiger partial charge in [0.05, 0.1) is 11.4 Å². The Morgan fingerprint density at radius 1 is 1.50 bits per heavy atom. The molecular formula is C13H14ClNO3. The van der Waals surface area contributed by atoms with Gasteiger partial charge in [0.15, 0.2) is 0 Å². The fourth-order valence-corrected chi connectivity index (χ4v) is 2.14. The quantitative estimate of drug-likeness (QED) is 0.867. The van der Waals surface area contributed by atoms with Gasteiger partial charge in [0.1, 0.15) is 12.4 Å². The summed E-state index contributed by atoms with van der Waals surface area (Å²) in [6.07, 6.45) is 0. The van der Waals surface area contributed by atoms with E-state index in [1.54, 1.807) is 13.0 Å². The fraction of sp³-hybridized carbons (Fsp3) is 0.308. The van der Waals surface area contributed by atoms with Crippen LogP contribution in [0.15, 0.2) is 18.2 Å². The smallest absolute Gasteiger partial charge is 0.338 e. The van der Waals surface area contributed by atoms with Crippen LogP contribution < -0.4 is 4.74 Å². The molecule has 0 spiro atoms. The molecule has 5 heteroatoms. The molecule has 0 fully saturated rings. The van der Waals surface area contributed by atoms with Gasteiger partial charge >= 0.3 is 5.97 Å². The van der Waals surface area contributed by atoms with Crippen LogP contribution in [0.3, 0.4) is 0 Å². The number of aromatic carboxylic acids is 1. The molecule has 0 unspecified atom stereocenters. The molecule has 0 bridgehead atoms. The number of hydrogen-bond acceptors (Lipinski definition) is 2. The number of carbonyl (C=O) groups is 1. The van der Waals surface area contributed by atoms with Crippen LogP contribution in [0.25, 0.3) is 10.9 Å². The van der Waals surface area contributed by atoms with Crippen molar-refractivity contribution in [3.05, 3.63) is 29.5 Å². The summed E-state index contributed by atoms with van der Waals surface area (Å²) in [6.45, 7) is 2.20. The summed E-state index contributed by atoms with van der Waals surface area (Å²) in [7, 11) is 1.85. The van der Waals surface area contributed by atoms with Crippen molar-refractivity contribution in [3.8, 4) is 5.75 Å². The van der Waals surface area contributed by atoms with Gasteiger partial charge in [-0.25, -0.2) is 4.79 Å². The van der Waals surface area contributed by atoms with Crippen LogP contribution in [-0.2, 0) is 7.05 Å². The summed E-state index contributed by atoms with van der Waals surface area (Å²) < 4.78 is 7.28. The highest BCUT2D eigenvalue weighted by Gasteiger charge is 2.18. The number of carboxylic acid groups (broad SMARTS) is 1. The average molecular weight is 268 g/mol. The minimum absolute atomic E-state index is 0.323. The van der Waals surface area contributed by atoms with Crippen LogP contribution in [-0.4, -0.2) is 28.1 Å². The summed E-state index contributed by atoms with van der Waals surface area (Å²) in [6, 6.07) is 5.43. The van der Waals surface area contributed by atoms with E-state index in [1.807, 2.05) is 23.7 Å². The van der Waals surface area contributed by atoms with Crippen molar-refractivity contribution in [2.75, 3.05) is 12.5 Å². The Hall–Kier alpha value is -1.68. The number of halogens is 1. The third-order valence-corrected chi connectivity index (χ3v) is 3.18. The number of aromatic nitrogens is 1. The molecule has 1 heterocycles. The number of ether oxygens (including phenoxy) is 1. The molecule has 1 aromatic heterocycles. The highest BCUT2D eigenvalue weighted by Crippen LogP contribution is 2.28. The summed E-state index contributed by atoms with van der Waals surface area (Å²) in [4.78, 5) is 11.3. The first-order chi connectivity index (χ1) is 8.56. The molecule has 0 atom stereocenters.